The Balaban J connectivity index is 1.77. The molecular formula is C16H26N2O. The van der Waals surface area contributed by atoms with E-state index in [4.69, 9.17) is 0 Å². The third-order valence-electron chi connectivity index (χ3n) is 3.91. The molecule has 0 aromatic heterocycles. The summed E-state index contributed by atoms with van der Waals surface area (Å²) in [5.41, 5.74) is 1.31. The number of piperidine rings is 1. The van der Waals surface area contributed by atoms with E-state index >= 15 is 0 Å². The Morgan fingerprint density at radius 3 is 2.42 bits per heavy atom. The Morgan fingerprint density at radius 1 is 1.21 bits per heavy atom. The summed E-state index contributed by atoms with van der Waals surface area (Å²) in [6.07, 6.45) is 2.35. The van der Waals surface area contributed by atoms with E-state index < -0.39 is 0 Å². The highest BCUT2D eigenvalue weighted by Gasteiger charge is 2.22. The fourth-order valence-electron chi connectivity index (χ4n) is 2.46. The van der Waals surface area contributed by atoms with Crippen molar-refractivity contribution in [3.05, 3.63) is 30.3 Å². The number of hydrogen-bond acceptors (Lipinski definition) is 3. The molecule has 0 bridgehead atoms. The van der Waals surface area contributed by atoms with Crippen molar-refractivity contribution in [2.75, 3.05) is 31.1 Å². The van der Waals surface area contributed by atoms with E-state index in [0.29, 0.717) is 6.04 Å². The van der Waals surface area contributed by atoms with E-state index in [1.165, 1.54) is 18.5 Å². The normalized spacial score (nSPS) is 17.7. The van der Waals surface area contributed by atoms with Crippen LogP contribution in [0.4, 0.5) is 5.69 Å². The molecule has 3 heteroatoms. The molecule has 1 aliphatic rings. The number of para-hydroxylation sites is 1. The van der Waals surface area contributed by atoms with Crippen LogP contribution >= 0.6 is 0 Å². The lowest BCUT2D eigenvalue weighted by Gasteiger charge is -2.35. The summed E-state index contributed by atoms with van der Waals surface area (Å²) in [6.45, 7) is 7.54. The summed E-state index contributed by atoms with van der Waals surface area (Å²) in [4.78, 5) is 2.45. The minimum atomic E-state index is -0.0173. The van der Waals surface area contributed by atoms with Gasteiger partial charge in [0.2, 0.25) is 0 Å². The zero-order chi connectivity index (χ0) is 13.7. The first-order chi connectivity index (χ1) is 9.11. The lowest BCUT2D eigenvalue weighted by Crippen LogP contribution is -2.45. The maximum Gasteiger partial charge on any atom is 0.0494 e. The first-order valence-corrected chi connectivity index (χ1v) is 7.25. The molecule has 2 N–H and O–H groups in total. The molecule has 1 fully saturated rings. The minimum absolute atomic E-state index is 0.0173. The van der Waals surface area contributed by atoms with Gasteiger partial charge in [-0.15, -0.1) is 0 Å². The van der Waals surface area contributed by atoms with E-state index in [1.54, 1.807) is 0 Å². The monoisotopic (exact) mass is 262 g/mol. The number of nitrogens with zero attached hydrogens (tertiary/aromatic N) is 1. The van der Waals surface area contributed by atoms with Gasteiger partial charge in [-0.1, -0.05) is 32.0 Å². The van der Waals surface area contributed by atoms with Gasteiger partial charge in [0.05, 0.1) is 0 Å². The van der Waals surface area contributed by atoms with Crippen molar-refractivity contribution in [2.45, 2.75) is 32.7 Å². The second-order valence-electron chi connectivity index (χ2n) is 6.30. The standard InChI is InChI=1S/C16H26N2O/c1-16(2,13-19)12-17-14-8-10-18(11-9-14)15-6-4-3-5-7-15/h3-7,14,17,19H,8-13H2,1-2H3. The Morgan fingerprint density at radius 2 is 1.84 bits per heavy atom. The topological polar surface area (TPSA) is 35.5 Å². The summed E-state index contributed by atoms with van der Waals surface area (Å²) in [6, 6.07) is 11.2. The van der Waals surface area contributed by atoms with Gasteiger partial charge in [0.1, 0.15) is 0 Å². The maximum absolute atomic E-state index is 9.27. The van der Waals surface area contributed by atoms with Crippen molar-refractivity contribution < 1.29 is 5.11 Å². The molecule has 2 rings (SSSR count). The SMILES string of the molecule is CC(C)(CO)CNC1CCN(c2ccccc2)CC1. The molecule has 1 aliphatic heterocycles. The highest BCUT2D eigenvalue weighted by molar-refractivity contribution is 5.46. The number of aliphatic hydroxyl groups excluding tert-OH is 1. The molecule has 0 spiro atoms. The van der Waals surface area contributed by atoms with Gasteiger partial charge >= 0.3 is 0 Å². The number of hydrogen-bond donors (Lipinski definition) is 2. The lowest BCUT2D eigenvalue weighted by molar-refractivity contribution is 0.151. The number of anilines is 1. The highest BCUT2D eigenvalue weighted by atomic mass is 16.3. The molecule has 0 radical (unpaired) electrons. The molecule has 19 heavy (non-hydrogen) atoms. The zero-order valence-corrected chi connectivity index (χ0v) is 12.1. The van der Waals surface area contributed by atoms with Crippen LogP contribution in [0.15, 0.2) is 30.3 Å². The van der Waals surface area contributed by atoms with Crippen LogP contribution in [0.1, 0.15) is 26.7 Å². The summed E-state index contributed by atoms with van der Waals surface area (Å²) < 4.78 is 0. The Bertz CT molecular complexity index is 370. The molecule has 0 atom stereocenters. The molecule has 1 aromatic rings. The van der Waals surface area contributed by atoms with Crippen LogP contribution in [0.5, 0.6) is 0 Å². The Kier molecular flexibility index (Phi) is 4.83. The molecular weight excluding hydrogens is 236 g/mol. The van der Waals surface area contributed by atoms with Crippen LogP contribution < -0.4 is 10.2 Å². The van der Waals surface area contributed by atoms with E-state index in [1.807, 2.05) is 0 Å². The van der Waals surface area contributed by atoms with Crippen LogP contribution in [0.2, 0.25) is 0 Å². The predicted molar refractivity (Wildman–Crippen MR) is 80.5 cm³/mol. The van der Waals surface area contributed by atoms with Crippen molar-refractivity contribution in [1.82, 2.24) is 5.32 Å². The van der Waals surface area contributed by atoms with E-state index in [2.05, 4.69) is 54.4 Å². The minimum Gasteiger partial charge on any atom is -0.396 e. The van der Waals surface area contributed by atoms with Crippen molar-refractivity contribution in [3.63, 3.8) is 0 Å². The number of nitrogens with one attached hydrogen (secondary N) is 1. The molecule has 3 nitrogen and oxygen atoms in total. The second kappa shape index (κ2) is 6.40. The predicted octanol–water partition coefficient (Wildman–Crippen LogP) is 2.26. The molecule has 0 amide bonds. The summed E-state index contributed by atoms with van der Waals surface area (Å²) in [5, 5.41) is 12.9. The Labute approximate surface area is 116 Å². The Hall–Kier alpha value is -1.06. The van der Waals surface area contributed by atoms with Crippen molar-refractivity contribution in [3.8, 4) is 0 Å². The number of benzene rings is 1. The van der Waals surface area contributed by atoms with E-state index in [9.17, 15) is 5.11 Å². The molecule has 0 unspecified atom stereocenters. The highest BCUT2D eigenvalue weighted by Crippen LogP contribution is 2.20. The fourth-order valence-corrected chi connectivity index (χ4v) is 2.46. The van der Waals surface area contributed by atoms with E-state index in [-0.39, 0.29) is 12.0 Å². The van der Waals surface area contributed by atoms with Crippen LogP contribution in [0.3, 0.4) is 0 Å². The lowest BCUT2D eigenvalue weighted by atomic mass is 9.93. The summed E-state index contributed by atoms with van der Waals surface area (Å²) in [7, 11) is 0. The molecule has 1 saturated heterocycles. The summed E-state index contributed by atoms with van der Waals surface area (Å²) >= 11 is 0. The van der Waals surface area contributed by atoms with Crippen molar-refractivity contribution in [2.24, 2.45) is 5.41 Å². The molecule has 1 heterocycles. The average Bonchev–Trinajstić information content (AvgIpc) is 2.47. The third-order valence-corrected chi connectivity index (χ3v) is 3.91. The third kappa shape index (κ3) is 4.22. The van der Waals surface area contributed by atoms with Crippen LogP contribution in [0, 0.1) is 5.41 Å². The maximum atomic E-state index is 9.27. The van der Waals surface area contributed by atoms with Gasteiger partial charge in [-0.3, -0.25) is 0 Å². The van der Waals surface area contributed by atoms with Gasteiger partial charge in [0.25, 0.3) is 0 Å². The number of rotatable bonds is 5. The largest absolute Gasteiger partial charge is 0.396 e. The molecule has 0 saturated carbocycles. The molecule has 106 valence electrons. The van der Waals surface area contributed by atoms with Crippen LogP contribution in [0.25, 0.3) is 0 Å². The van der Waals surface area contributed by atoms with Gasteiger partial charge in [-0.05, 0) is 25.0 Å². The first-order valence-electron chi connectivity index (χ1n) is 7.25. The van der Waals surface area contributed by atoms with Gasteiger partial charge in [0.15, 0.2) is 0 Å². The first kappa shape index (κ1) is 14.4. The summed E-state index contributed by atoms with van der Waals surface area (Å²) in [5.74, 6) is 0. The zero-order valence-electron chi connectivity index (χ0n) is 12.1. The second-order valence-corrected chi connectivity index (χ2v) is 6.30. The van der Waals surface area contributed by atoms with Crippen LogP contribution in [-0.4, -0.2) is 37.4 Å². The van der Waals surface area contributed by atoms with Crippen LogP contribution in [-0.2, 0) is 0 Å². The van der Waals surface area contributed by atoms with Gasteiger partial charge in [-0.25, -0.2) is 0 Å². The number of aliphatic hydroxyl groups is 1. The van der Waals surface area contributed by atoms with Gasteiger partial charge in [0, 0.05) is 43.4 Å². The average molecular weight is 262 g/mol. The molecule has 1 aromatic carbocycles. The van der Waals surface area contributed by atoms with Crippen molar-refractivity contribution >= 4 is 5.69 Å². The smallest absolute Gasteiger partial charge is 0.0494 e. The molecule has 0 aliphatic carbocycles. The quantitative estimate of drug-likeness (QED) is 0.854. The van der Waals surface area contributed by atoms with Gasteiger partial charge < -0.3 is 15.3 Å². The fraction of sp³-hybridized carbons (Fsp3) is 0.625. The van der Waals surface area contributed by atoms with Crippen molar-refractivity contribution in [1.29, 1.82) is 0 Å². The van der Waals surface area contributed by atoms with Gasteiger partial charge in [-0.2, -0.15) is 0 Å². The van der Waals surface area contributed by atoms with E-state index in [0.717, 1.165) is 19.6 Å².